The van der Waals surface area contributed by atoms with Crippen LogP contribution in [0.4, 0.5) is 0 Å². The monoisotopic (exact) mass is 401 g/mol. The molecule has 1 fully saturated rings. The summed E-state index contributed by atoms with van der Waals surface area (Å²) in [6.07, 6.45) is 1.36. The Labute approximate surface area is 177 Å². The summed E-state index contributed by atoms with van der Waals surface area (Å²) < 4.78 is 6.06. The molecule has 0 saturated carbocycles. The zero-order chi connectivity index (χ0) is 20.9. The van der Waals surface area contributed by atoms with E-state index in [1.54, 1.807) is 0 Å². The van der Waals surface area contributed by atoms with E-state index < -0.39 is 5.97 Å². The molecular weight excluding hydrogens is 374 g/mol. The molecule has 0 spiro atoms. The van der Waals surface area contributed by atoms with E-state index in [-0.39, 0.29) is 12.0 Å². The van der Waals surface area contributed by atoms with Gasteiger partial charge in [-0.3, -0.25) is 9.69 Å². The predicted octanol–water partition coefficient (Wildman–Crippen LogP) is 5.67. The Balaban J connectivity index is 1.63. The van der Waals surface area contributed by atoms with Crippen LogP contribution in [-0.4, -0.2) is 29.1 Å². The lowest BCUT2D eigenvalue weighted by Gasteiger charge is -2.37. The van der Waals surface area contributed by atoms with Gasteiger partial charge >= 0.3 is 5.97 Å². The Morgan fingerprint density at radius 1 is 0.900 bits per heavy atom. The van der Waals surface area contributed by atoms with E-state index in [0.717, 1.165) is 30.2 Å². The van der Waals surface area contributed by atoms with Crippen molar-refractivity contribution in [2.75, 3.05) is 13.1 Å². The molecule has 1 N–H and O–H groups in total. The average Bonchev–Trinajstić information content (AvgIpc) is 2.77. The van der Waals surface area contributed by atoms with Gasteiger partial charge in [0.15, 0.2) is 0 Å². The first-order valence-corrected chi connectivity index (χ1v) is 10.5. The second kappa shape index (κ2) is 9.14. The highest BCUT2D eigenvalue weighted by atomic mass is 16.5. The second-order valence-corrected chi connectivity index (χ2v) is 7.95. The molecule has 0 aliphatic carbocycles. The van der Waals surface area contributed by atoms with Crippen LogP contribution in [0.2, 0.25) is 0 Å². The Morgan fingerprint density at radius 3 is 2.23 bits per heavy atom. The van der Waals surface area contributed by atoms with Gasteiger partial charge in [-0.2, -0.15) is 0 Å². The van der Waals surface area contributed by atoms with Crippen molar-refractivity contribution in [3.05, 3.63) is 95.6 Å². The summed E-state index contributed by atoms with van der Waals surface area (Å²) in [5.41, 5.74) is 3.59. The van der Waals surface area contributed by atoms with Crippen molar-refractivity contribution in [2.45, 2.75) is 25.8 Å². The van der Waals surface area contributed by atoms with Gasteiger partial charge in [0.2, 0.25) is 0 Å². The van der Waals surface area contributed by atoms with Crippen LogP contribution in [0.25, 0.3) is 0 Å². The second-order valence-electron chi connectivity index (χ2n) is 7.95. The number of aliphatic carboxylic acids is 1. The number of nitrogens with zero attached hydrogens (tertiary/aromatic N) is 1. The number of benzene rings is 3. The van der Waals surface area contributed by atoms with Gasteiger partial charge in [-0.15, -0.1) is 0 Å². The van der Waals surface area contributed by atoms with Crippen molar-refractivity contribution in [3.8, 4) is 11.5 Å². The highest BCUT2D eigenvalue weighted by molar-refractivity contribution is 5.70. The summed E-state index contributed by atoms with van der Waals surface area (Å²) >= 11 is 0. The Kier molecular flexibility index (Phi) is 6.15. The first-order chi connectivity index (χ1) is 14.6. The molecule has 0 amide bonds. The maximum absolute atomic E-state index is 11.4. The van der Waals surface area contributed by atoms with Crippen LogP contribution in [0.15, 0.2) is 78.9 Å². The summed E-state index contributed by atoms with van der Waals surface area (Å²) in [5.74, 6) is 0.688. The number of likely N-dealkylation sites (tertiary alicyclic amines) is 1. The van der Waals surface area contributed by atoms with E-state index in [9.17, 15) is 9.90 Å². The Bertz CT molecular complexity index is 977. The number of carbonyl (C=O) groups is 1. The number of hydrogen-bond acceptors (Lipinski definition) is 3. The third kappa shape index (κ3) is 4.71. The van der Waals surface area contributed by atoms with Gasteiger partial charge in [0.1, 0.15) is 11.5 Å². The topological polar surface area (TPSA) is 49.8 Å². The minimum absolute atomic E-state index is 0.0691. The zero-order valence-corrected chi connectivity index (χ0v) is 17.2. The maximum Gasteiger partial charge on any atom is 0.306 e. The number of rotatable bonds is 6. The summed E-state index contributed by atoms with van der Waals surface area (Å²) in [6, 6.07) is 26.7. The molecule has 4 rings (SSSR count). The van der Waals surface area contributed by atoms with Crippen LogP contribution in [0, 0.1) is 12.8 Å². The Morgan fingerprint density at radius 2 is 1.57 bits per heavy atom. The number of para-hydroxylation sites is 1. The molecular formula is C26H27NO3. The molecule has 4 nitrogen and oxygen atoms in total. The highest BCUT2D eigenvalue weighted by Gasteiger charge is 2.30. The van der Waals surface area contributed by atoms with E-state index >= 15 is 0 Å². The van der Waals surface area contributed by atoms with Crippen LogP contribution >= 0.6 is 0 Å². The van der Waals surface area contributed by atoms with Gasteiger partial charge in [0.05, 0.1) is 12.0 Å². The van der Waals surface area contributed by atoms with Gasteiger partial charge in [-0.25, -0.2) is 0 Å². The third-order valence-electron chi connectivity index (χ3n) is 5.79. The first kappa shape index (κ1) is 20.2. The van der Waals surface area contributed by atoms with Crippen molar-refractivity contribution in [2.24, 2.45) is 5.92 Å². The van der Waals surface area contributed by atoms with Gasteiger partial charge in [0, 0.05) is 0 Å². The zero-order valence-electron chi connectivity index (χ0n) is 17.2. The molecule has 3 aromatic carbocycles. The number of aryl methyl sites for hydroxylation is 1. The van der Waals surface area contributed by atoms with Crippen LogP contribution in [0.5, 0.6) is 11.5 Å². The van der Waals surface area contributed by atoms with Crippen molar-refractivity contribution < 1.29 is 14.6 Å². The molecule has 0 radical (unpaired) electrons. The standard InChI is InChI=1S/C26H27NO3/c1-19-10-12-20(13-11-19)25(27-16-14-21(15-17-27)26(28)29)22-6-5-9-24(18-22)30-23-7-3-2-4-8-23/h2-13,18,21,25H,14-17H2,1H3,(H,28,29). The molecule has 1 heterocycles. The van der Waals surface area contributed by atoms with Crippen molar-refractivity contribution >= 4 is 5.97 Å². The lowest BCUT2D eigenvalue weighted by Crippen LogP contribution is -2.39. The third-order valence-corrected chi connectivity index (χ3v) is 5.79. The minimum atomic E-state index is -0.681. The maximum atomic E-state index is 11.4. The van der Waals surface area contributed by atoms with E-state index in [1.165, 1.54) is 11.1 Å². The molecule has 3 aromatic rings. The number of carboxylic acid groups (broad SMARTS) is 1. The number of carboxylic acids is 1. The fourth-order valence-electron chi connectivity index (χ4n) is 4.14. The molecule has 0 aromatic heterocycles. The first-order valence-electron chi connectivity index (χ1n) is 10.5. The number of hydrogen-bond donors (Lipinski definition) is 1. The summed E-state index contributed by atoms with van der Waals surface area (Å²) in [5, 5.41) is 9.37. The molecule has 1 atom stereocenters. The van der Waals surface area contributed by atoms with Crippen molar-refractivity contribution in [1.29, 1.82) is 0 Å². The quantitative estimate of drug-likeness (QED) is 0.578. The molecule has 30 heavy (non-hydrogen) atoms. The molecule has 1 aliphatic heterocycles. The lowest BCUT2D eigenvalue weighted by molar-refractivity contribution is -0.143. The SMILES string of the molecule is Cc1ccc(C(c2cccc(Oc3ccccc3)c2)N2CCC(C(=O)O)CC2)cc1. The van der Waals surface area contributed by atoms with Gasteiger partial charge in [-0.1, -0.05) is 60.2 Å². The van der Waals surface area contributed by atoms with Gasteiger partial charge < -0.3 is 9.84 Å². The van der Waals surface area contributed by atoms with E-state index in [2.05, 4.69) is 48.2 Å². The largest absolute Gasteiger partial charge is 0.481 e. The van der Waals surface area contributed by atoms with Crippen molar-refractivity contribution in [3.63, 3.8) is 0 Å². The molecule has 1 unspecified atom stereocenters. The number of piperidine rings is 1. The predicted molar refractivity (Wildman–Crippen MR) is 118 cm³/mol. The van der Waals surface area contributed by atoms with E-state index in [1.807, 2.05) is 42.5 Å². The fourth-order valence-corrected chi connectivity index (χ4v) is 4.14. The smallest absolute Gasteiger partial charge is 0.306 e. The van der Waals surface area contributed by atoms with Crippen LogP contribution in [0.3, 0.4) is 0 Å². The fraction of sp³-hybridized carbons (Fsp3) is 0.269. The van der Waals surface area contributed by atoms with E-state index in [0.29, 0.717) is 12.8 Å². The molecule has 4 heteroatoms. The average molecular weight is 402 g/mol. The van der Waals surface area contributed by atoms with Crippen LogP contribution in [-0.2, 0) is 4.79 Å². The van der Waals surface area contributed by atoms with Gasteiger partial charge in [-0.05, 0) is 68.2 Å². The highest BCUT2D eigenvalue weighted by Crippen LogP contribution is 2.35. The summed E-state index contributed by atoms with van der Waals surface area (Å²) in [7, 11) is 0. The molecule has 1 aliphatic rings. The van der Waals surface area contributed by atoms with E-state index in [4.69, 9.17) is 4.74 Å². The molecule has 154 valence electrons. The molecule has 1 saturated heterocycles. The Hall–Kier alpha value is -3.11. The summed E-state index contributed by atoms with van der Waals surface area (Å²) in [6.45, 7) is 3.62. The van der Waals surface area contributed by atoms with Gasteiger partial charge in [0.25, 0.3) is 0 Å². The lowest BCUT2D eigenvalue weighted by atomic mass is 9.91. The molecule has 0 bridgehead atoms. The van der Waals surface area contributed by atoms with Crippen LogP contribution in [0.1, 0.15) is 35.6 Å². The minimum Gasteiger partial charge on any atom is -0.481 e. The normalized spacial score (nSPS) is 16.2. The summed E-state index contributed by atoms with van der Waals surface area (Å²) in [4.78, 5) is 13.8. The van der Waals surface area contributed by atoms with Crippen LogP contribution < -0.4 is 4.74 Å². The van der Waals surface area contributed by atoms with Crippen molar-refractivity contribution in [1.82, 2.24) is 4.90 Å². The number of ether oxygens (including phenoxy) is 1.